The van der Waals surface area contributed by atoms with Crippen molar-refractivity contribution in [3.05, 3.63) is 44.9 Å². The van der Waals surface area contributed by atoms with Crippen LogP contribution < -0.4 is 10.5 Å². The quantitative estimate of drug-likeness (QED) is 0.908. The van der Waals surface area contributed by atoms with Crippen molar-refractivity contribution < 1.29 is 4.74 Å². The molecule has 0 saturated carbocycles. The summed E-state index contributed by atoms with van der Waals surface area (Å²) in [6.07, 6.45) is 0.914. The number of hydrogen-bond donors (Lipinski definition) is 1. The zero-order valence-corrected chi connectivity index (χ0v) is 13.4. The maximum absolute atomic E-state index is 5.98. The molecule has 2 N–H and O–H groups in total. The van der Waals surface area contributed by atoms with Gasteiger partial charge in [0.15, 0.2) is 0 Å². The summed E-state index contributed by atoms with van der Waals surface area (Å²) in [6, 6.07) is 6.19. The third-order valence-electron chi connectivity index (χ3n) is 3.36. The Bertz CT molecular complexity index is 590. The third-order valence-corrected chi connectivity index (χ3v) is 4.63. The highest BCUT2D eigenvalue weighted by molar-refractivity contribution is 7.11. The number of rotatable bonds is 5. The molecule has 0 bridgehead atoms. The van der Waals surface area contributed by atoms with Crippen LogP contribution in [0.3, 0.4) is 0 Å². The Balaban J connectivity index is 2.08. The maximum Gasteiger partial charge on any atom is 0.140 e. The molecule has 3 nitrogen and oxygen atoms in total. The van der Waals surface area contributed by atoms with E-state index in [1.165, 1.54) is 16.0 Å². The number of benzene rings is 1. The lowest BCUT2D eigenvalue weighted by Gasteiger charge is -2.06. The molecule has 1 aromatic carbocycles. The maximum atomic E-state index is 5.98. The van der Waals surface area contributed by atoms with Crippen LogP contribution in [0.2, 0.25) is 0 Å². The van der Waals surface area contributed by atoms with Gasteiger partial charge in [-0.25, -0.2) is 4.98 Å². The molecule has 1 unspecified atom stereocenters. The van der Waals surface area contributed by atoms with Crippen molar-refractivity contribution in [2.24, 2.45) is 5.73 Å². The zero-order valence-electron chi connectivity index (χ0n) is 12.6. The third kappa shape index (κ3) is 3.38. The number of hydrogen-bond acceptors (Lipinski definition) is 4. The molecule has 0 aliphatic heterocycles. The molecule has 0 aliphatic carbocycles. The van der Waals surface area contributed by atoms with Crippen LogP contribution in [0.5, 0.6) is 5.75 Å². The number of nitrogens with zero attached hydrogens (tertiary/aromatic N) is 1. The first-order valence-electron chi connectivity index (χ1n) is 6.95. The fourth-order valence-electron chi connectivity index (χ4n) is 2.03. The topological polar surface area (TPSA) is 48.1 Å². The van der Waals surface area contributed by atoms with Gasteiger partial charge in [0, 0.05) is 10.9 Å². The molecule has 1 atom stereocenters. The lowest BCUT2D eigenvalue weighted by molar-refractivity contribution is 0.305. The fraction of sp³-hybridized carbons (Fsp3) is 0.438. The van der Waals surface area contributed by atoms with Gasteiger partial charge in [0.2, 0.25) is 0 Å². The molecular formula is C16H22N2OS. The molecule has 20 heavy (non-hydrogen) atoms. The number of thiazole rings is 1. The van der Waals surface area contributed by atoms with Gasteiger partial charge < -0.3 is 10.5 Å². The summed E-state index contributed by atoms with van der Waals surface area (Å²) in [5, 5.41) is 0.993. The van der Waals surface area contributed by atoms with Gasteiger partial charge in [-0.05, 0) is 50.5 Å². The summed E-state index contributed by atoms with van der Waals surface area (Å²) in [5.74, 6) is 0.892. The van der Waals surface area contributed by atoms with E-state index in [4.69, 9.17) is 10.5 Å². The molecule has 1 aromatic heterocycles. The zero-order chi connectivity index (χ0) is 14.7. The van der Waals surface area contributed by atoms with Gasteiger partial charge in [0.25, 0.3) is 0 Å². The second-order valence-corrected chi connectivity index (χ2v) is 6.21. The molecule has 0 radical (unpaired) electrons. The Hall–Kier alpha value is -1.39. The van der Waals surface area contributed by atoms with Gasteiger partial charge in [-0.15, -0.1) is 11.3 Å². The normalized spacial score (nSPS) is 12.4. The van der Waals surface area contributed by atoms with Crippen molar-refractivity contribution in [1.82, 2.24) is 4.98 Å². The van der Waals surface area contributed by atoms with E-state index in [9.17, 15) is 0 Å². The van der Waals surface area contributed by atoms with Crippen LogP contribution in [0.25, 0.3) is 0 Å². The molecule has 0 spiro atoms. The van der Waals surface area contributed by atoms with E-state index in [1.54, 1.807) is 11.3 Å². The lowest BCUT2D eigenvalue weighted by atomic mass is 10.1. The molecule has 1 heterocycles. The van der Waals surface area contributed by atoms with Crippen molar-refractivity contribution in [3.8, 4) is 5.75 Å². The SMILES string of the molecule is CCc1nc(COc2ccc(C)c(C)c2)sc1C(C)N. The largest absolute Gasteiger partial charge is 0.486 e. The molecule has 0 aliphatic rings. The Morgan fingerprint density at radius 1 is 1.30 bits per heavy atom. The Labute approximate surface area is 124 Å². The van der Waals surface area contributed by atoms with E-state index < -0.39 is 0 Å². The minimum atomic E-state index is 0.0396. The van der Waals surface area contributed by atoms with Crippen LogP contribution in [-0.4, -0.2) is 4.98 Å². The summed E-state index contributed by atoms with van der Waals surface area (Å²) in [6.45, 7) is 8.81. The van der Waals surface area contributed by atoms with Crippen LogP contribution in [0, 0.1) is 13.8 Å². The monoisotopic (exact) mass is 290 g/mol. The van der Waals surface area contributed by atoms with Gasteiger partial charge >= 0.3 is 0 Å². The van der Waals surface area contributed by atoms with Gasteiger partial charge in [-0.1, -0.05) is 13.0 Å². The van der Waals surface area contributed by atoms with Crippen molar-refractivity contribution in [3.63, 3.8) is 0 Å². The molecular weight excluding hydrogens is 268 g/mol. The van der Waals surface area contributed by atoms with Crippen LogP contribution in [0.4, 0.5) is 0 Å². The number of nitrogens with two attached hydrogens (primary N) is 1. The highest BCUT2D eigenvalue weighted by atomic mass is 32.1. The molecule has 2 aromatic rings. The minimum absolute atomic E-state index is 0.0396. The molecule has 108 valence electrons. The highest BCUT2D eigenvalue weighted by Crippen LogP contribution is 2.26. The van der Waals surface area contributed by atoms with Crippen molar-refractivity contribution in [1.29, 1.82) is 0 Å². The summed E-state index contributed by atoms with van der Waals surface area (Å²) in [7, 11) is 0. The fourth-order valence-corrected chi connectivity index (χ4v) is 3.06. The van der Waals surface area contributed by atoms with E-state index in [0.717, 1.165) is 22.9 Å². The summed E-state index contributed by atoms with van der Waals surface area (Å²) in [5.41, 5.74) is 9.60. The van der Waals surface area contributed by atoms with Crippen molar-refractivity contribution in [2.75, 3.05) is 0 Å². The predicted octanol–water partition coefficient (Wildman–Crippen LogP) is 3.92. The van der Waals surface area contributed by atoms with Crippen LogP contribution in [0.15, 0.2) is 18.2 Å². The molecule has 0 saturated heterocycles. The predicted molar refractivity (Wildman–Crippen MR) is 84.3 cm³/mol. The summed E-state index contributed by atoms with van der Waals surface area (Å²) >= 11 is 1.66. The van der Waals surface area contributed by atoms with E-state index >= 15 is 0 Å². The van der Waals surface area contributed by atoms with Gasteiger partial charge in [0.05, 0.1) is 5.69 Å². The Morgan fingerprint density at radius 2 is 2.05 bits per heavy atom. The molecule has 2 rings (SSSR count). The lowest BCUT2D eigenvalue weighted by Crippen LogP contribution is -2.05. The number of aromatic nitrogens is 1. The minimum Gasteiger partial charge on any atom is -0.486 e. The van der Waals surface area contributed by atoms with Crippen LogP contribution in [0.1, 0.15) is 46.6 Å². The van der Waals surface area contributed by atoms with Gasteiger partial charge in [0.1, 0.15) is 17.4 Å². The second-order valence-electron chi connectivity index (χ2n) is 5.10. The second kappa shape index (κ2) is 6.37. The highest BCUT2D eigenvalue weighted by Gasteiger charge is 2.13. The van der Waals surface area contributed by atoms with E-state index in [1.807, 2.05) is 13.0 Å². The standard InChI is InChI=1S/C16H22N2OS/c1-5-14-16(12(4)17)20-15(18-14)9-19-13-7-6-10(2)11(3)8-13/h6-8,12H,5,9,17H2,1-4H3. The van der Waals surface area contributed by atoms with E-state index in [2.05, 4.69) is 37.9 Å². The first-order valence-corrected chi connectivity index (χ1v) is 7.77. The van der Waals surface area contributed by atoms with Crippen molar-refractivity contribution >= 4 is 11.3 Å². The van der Waals surface area contributed by atoms with Crippen LogP contribution in [-0.2, 0) is 13.0 Å². The summed E-state index contributed by atoms with van der Waals surface area (Å²) in [4.78, 5) is 5.79. The molecule has 0 amide bonds. The smallest absolute Gasteiger partial charge is 0.140 e. The molecule has 4 heteroatoms. The van der Waals surface area contributed by atoms with Crippen molar-refractivity contribution in [2.45, 2.75) is 46.8 Å². The number of ether oxygens (including phenoxy) is 1. The Morgan fingerprint density at radius 3 is 2.60 bits per heavy atom. The average molecular weight is 290 g/mol. The average Bonchev–Trinajstić information content (AvgIpc) is 2.84. The van der Waals surface area contributed by atoms with Gasteiger partial charge in [-0.3, -0.25) is 0 Å². The Kier molecular flexibility index (Phi) is 4.78. The van der Waals surface area contributed by atoms with E-state index in [-0.39, 0.29) is 6.04 Å². The molecule has 0 fully saturated rings. The van der Waals surface area contributed by atoms with Gasteiger partial charge in [-0.2, -0.15) is 0 Å². The first kappa shape index (κ1) is 15.0. The van der Waals surface area contributed by atoms with Crippen LogP contribution >= 0.6 is 11.3 Å². The van der Waals surface area contributed by atoms with E-state index in [0.29, 0.717) is 6.61 Å². The first-order chi connectivity index (χ1) is 9.51. The summed E-state index contributed by atoms with van der Waals surface area (Å²) < 4.78 is 5.83. The number of aryl methyl sites for hydroxylation is 3.